The van der Waals surface area contributed by atoms with Crippen molar-refractivity contribution in [3.8, 4) is 5.69 Å². The summed E-state index contributed by atoms with van der Waals surface area (Å²) in [6.45, 7) is 0. The third-order valence-corrected chi connectivity index (χ3v) is 4.03. The van der Waals surface area contributed by atoms with Crippen LogP contribution in [0.15, 0.2) is 36.4 Å². The smallest absolute Gasteiger partial charge is 0.150 e. The van der Waals surface area contributed by atoms with Gasteiger partial charge in [0.25, 0.3) is 0 Å². The van der Waals surface area contributed by atoms with Gasteiger partial charge in [0.15, 0.2) is 0 Å². The van der Waals surface area contributed by atoms with Crippen LogP contribution in [-0.4, -0.2) is 15.4 Å². The van der Waals surface area contributed by atoms with Crippen LogP contribution in [0.5, 0.6) is 0 Å². The Hall–Kier alpha value is -1.21. The fraction of sp³-hybridized carbons (Fsp3) is 0.133. The van der Waals surface area contributed by atoms with Crippen molar-refractivity contribution in [1.29, 1.82) is 0 Å². The number of alkyl halides is 1. The maximum Gasteiger partial charge on any atom is 0.150 e. The molecule has 1 heterocycles. The molecule has 108 valence electrons. The zero-order valence-corrected chi connectivity index (χ0v) is 13.7. The topological polar surface area (TPSA) is 17.8 Å². The van der Waals surface area contributed by atoms with E-state index in [0.717, 1.165) is 3.57 Å². The van der Waals surface area contributed by atoms with Crippen molar-refractivity contribution in [3.63, 3.8) is 0 Å². The summed E-state index contributed by atoms with van der Waals surface area (Å²) in [7, 11) is 0. The summed E-state index contributed by atoms with van der Waals surface area (Å²) in [6.07, 6.45) is 0.431. The molecule has 0 spiro atoms. The number of imidazole rings is 1. The molecule has 0 aliphatic carbocycles. The Balaban J connectivity index is 2.36. The molecule has 0 amide bonds. The molecule has 0 atom stereocenters. The van der Waals surface area contributed by atoms with Crippen molar-refractivity contribution in [3.05, 3.63) is 57.4 Å². The summed E-state index contributed by atoms with van der Waals surface area (Å²) in [6, 6.07) is 9.39. The highest BCUT2D eigenvalue weighted by molar-refractivity contribution is 14.1. The highest BCUT2D eigenvalue weighted by atomic mass is 127. The Labute approximate surface area is 138 Å². The van der Waals surface area contributed by atoms with Crippen LogP contribution in [-0.2, 0) is 6.42 Å². The van der Waals surface area contributed by atoms with Gasteiger partial charge in [0.05, 0.1) is 11.0 Å². The predicted molar refractivity (Wildman–Crippen MR) is 88.1 cm³/mol. The molecule has 21 heavy (non-hydrogen) atoms. The molecule has 2 nitrogen and oxygen atoms in total. The molecular formula is C15H10ClF2IN2. The number of halogens is 4. The predicted octanol–water partition coefficient (Wildman–Crippen LogP) is 4.69. The Morgan fingerprint density at radius 3 is 2.52 bits per heavy atom. The molecule has 0 N–H and O–H groups in total. The highest BCUT2D eigenvalue weighted by Gasteiger charge is 2.18. The zero-order valence-electron chi connectivity index (χ0n) is 10.8. The number of fused-ring (bicyclic) bond motifs is 1. The van der Waals surface area contributed by atoms with Crippen LogP contribution in [0, 0.1) is 15.2 Å². The van der Waals surface area contributed by atoms with Crippen LogP contribution in [0.25, 0.3) is 16.7 Å². The zero-order chi connectivity index (χ0) is 15.0. The number of rotatable bonds is 3. The molecule has 2 aromatic carbocycles. The fourth-order valence-electron chi connectivity index (χ4n) is 2.31. The van der Waals surface area contributed by atoms with Gasteiger partial charge in [-0.3, -0.25) is 4.57 Å². The van der Waals surface area contributed by atoms with E-state index >= 15 is 0 Å². The molecular weight excluding hydrogens is 409 g/mol. The first-order chi connectivity index (χ1) is 10.1. The quantitative estimate of drug-likeness (QED) is 0.446. The Morgan fingerprint density at radius 2 is 1.86 bits per heavy atom. The molecule has 0 aliphatic rings. The number of aromatic nitrogens is 2. The summed E-state index contributed by atoms with van der Waals surface area (Å²) in [5.74, 6) is -0.366. The second-order valence-corrected chi connectivity index (χ2v) is 6.13. The molecule has 0 radical (unpaired) electrons. The summed E-state index contributed by atoms with van der Waals surface area (Å²) >= 11 is 7.97. The van der Waals surface area contributed by atoms with Crippen LogP contribution < -0.4 is 0 Å². The molecule has 0 unspecified atom stereocenters. The first kappa shape index (κ1) is 14.7. The van der Waals surface area contributed by atoms with Gasteiger partial charge in [-0.2, -0.15) is 0 Å². The van der Waals surface area contributed by atoms with Gasteiger partial charge >= 0.3 is 0 Å². The first-order valence-electron chi connectivity index (χ1n) is 6.29. The van der Waals surface area contributed by atoms with Crippen molar-refractivity contribution in [2.75, 3.05) is 5.88 Å². The van der Waals surface area contributed by atoms with Gasteiger partial charge in [-0.15, -0.1) is 11.6 Å². The summed E-state index contributed by atoms with van der Waals surface area (Å²) in [5, 5.41) is 0. The van der Waals surface area contributed by atoms with Crippen LogP contribution in [0.2, 0.25) is 0 Å². The number of nitrogens with zero attached hydrogens (tertiary/aromatic N) is 2. The third-order valence-electron chi connectivity index (χ3n) is 3.17. The average molecular weight is 419 g/mol. The second-order valence-electron chi connectivity index (χ2n) is 4.51. The normalized spacial score (nSPS) is 11.2. The first-order valence-corrected chi connectivity index (χ1v) is 7.90. The minimum Gasteiger partial charge on any atom is -0.291 e. The van der Waals surface area contributed by atoms with Gasteiger partial charge in [-0.1, -0.05) is 6.07 Å². The van der Waals surface area contributed by atoms with Crippen LogP contribution >= 0.6 is 34.2 Å². The van der Waals surface area contributed by atoms with Crippen LogP contribution in [0.1, 0.15) is 5.82 Å². The van der Waals surface area contributed by atoms with E-state index in [-0.39, 0.29) is 5.69 Å². The molecule has 0 saturated carbocycles. The third kappa shape index (κ3) is 2.64. The van der Waals surface area contributed by atoms with E-state index in [0.29, 0.717) is 29.2 Å². The highest BCUT2D eigenvalue weighted by Crippen LogP contribution is 2.27. The lowest BCUT2D eigenvalue weighted by Crippen LogP contribution is -2.06. The largest absolute Gasteiger partial charge is 0.291 e. The summed E-state index contributed by atoms with van der Waals surface area (Å²) in [5.41, 5.74) is 1.26. The van der Waals surface area contributed by atoms with E-state index in [4.69, 9.17) is 11.6 Å². The van der Waals surface area contributed by atoms with Crippen molar-refractivity contribution < 1.29 is 8.78 Å². The van der Waals surface area contributed by atoms with E-state index < -0.39 is 11.6 Å². The lowest BCUT2D eigenvalue weighted by Gasteiger charge is -2.10. The van der Waals surface area contributed by atoms with Crippen molar-refractivity contribution in [1.82, 2.24) is 9.55 Å². The monoisotopic (exact) mass is 418 g/mol. The number of hydrogen-bond acceptors (Lipinski definition) is 1. The minimum absolute atomic E-state index is 0.110. The number of hydrogen-bond donors (Lipinski definition) is 0. The molecule has 1 aromatic heterocycles. The van der Waals surface area contributed by atoms with E-state index in [2.05, 4.69) is 27.6 Å². The average Bonchev–Trinajstić information content (AvgIpc) is 2.77. The maximum absolute atomic E-state index is 14.1. The number of para-hydroxylation sites is 1. The Kier molecular flexibility index (Phi) is 4.12. The van der Waals surface area contributed by atoms with Crippen molar-refractivity contribution in [2.45, 2.75) is 6.42 Å². The van der Waals surface area contributed by atoms with E-state index in [1.54, 1.807) is 0 Å². The molecule has 3 rings (SSSR count). The van der Waals surface area contributed by atoms with Gasteiger partial charge in [0.2, 0.25) is 0 Å². The molecule has 6 heteroatoms. The Bertz CT molecular complexity index is 797. The molecule has 0 fully saturated rings. The van der Waals surface area contributed by atoms with Gasteiger partial charge in [-0.05, 0) is 52.9 Å². The van der Waals surface area contributed by atoms with Gasteiger partial charge in [0, 0.05) is 15.9 Å². The number of benzene rings is 2. The molecule has 0 saturated heterocycles. The standard InChI is InChI=1S/C15H10ClF2IN2/c16-7-6-14-20-12-8-9(19)4-5-13(12)21(14)15-10(17)2-1-3-11(15)18/h1-5,8H,6-7H2. The van der Waals surface area contributed by atoms with Crippen LogP contribution in [0.4, 0.5) is 8.78 Å². The summed E-state index contributed by atoms with van der Waals surface area (Å²) < 4.78 is 30.8. The maximum atomic E-state index is 14.1. The van der Waals surface area contributed by atoms with Gasteiger partial charge in [0.1, 0.15) is 23.1 Å². The van der Waals surface area contributed by atoms with Crippen molar-refractivity contribution >= 4 is 45.2 Å². The Morgan fingerprint density at radius 1 is 1.14 bits per heavy atom. The lowest BCUT2D eigenvalue weighted by atomic mass is 10.2. The SMILES string of the molecule is Fc1cccc(F)c1-n1c(CCCl)nc2cc(I)ccc21. The van der Waals surface area contributed by atoms with Crippen LogP contribution in [0.3, 0.4) is 0 Å². The minimum atomic E-state index is -0.622. The van der Waals surface area contributed by atoms with E-state index in [9.17, 15) is 8.78 Å². The fourth-order valence-corrected chi connectivity index (χ4v) is 2.95. The molecule has 0 aliphatic heterocycles. The summed E-state index contributed by atoms with van der Waals surface area (Å²) in [4.78, 5) is 4.46. The lowest BCUT2D eigenvalue weighted by molar-refractivity contribution is 0.568. The second kappa shape index (κ2) is 5.88. The molecule has 0 bridgehead atoms. The number of aryl methyl sites for hydroxylation is 1. The van der Waals surface area contributed by atoms with E-state index in [1.807, 2.05) is 18.2 Å². The van der Waals surface area contributed by atoms with Gasteiger partial charge in [-0.25, -0.2) is 13.8 Å². The van der Waals surface area contributed by atoms with Gasteiger partial charge < -0.3 is 0 Å². The molecule has 3 aromatic rings. The van der Waals surface area contributed by atoms with E-state index in [1.165, 1.54) is 22.8 Å². The van der Waals surface area contributed by atoms with Crippen molar-refractivity contribution in [2.24, 2.45) is 0 Å².